The van der Waals surface area contributed by atoms with Gasteiger partial charge in [0, 0.05) is 23.0 Å². The third kappa shape index (κ3) is 2.37. The Bertz CT molecular complexity index is 694. The first-order valence-corrected chi connectivity index (χ1v) is 6.86. The summed E-state index contributed by atoms with van der Waals surface area (Å²) in [4.78, 5) is 12.1. The van der Waals surface area contributed by atoms with Crippen molar-refractivity contribution in [1.29, 1.82) is 0 Å². The summed E-state index contributed by atoms with van der Waals surface area (Å²) in [5.41, 5.74) is 7.50. The molecule has 3 rings (SSSR count). The maximum Gasteiger partial charge on any atom is 0.140 e. The minimum Gasteiger partial charge on any atom is -0.399 e. The van der Waals surface area contributed by atoms with Gasteiger partial charge in [-0.25, -0.2) is 9.97 Å². The molecule has 2 N–H and O–H groups in total. The van der Waals surface area contributed by atoms with Gasteiger partial charge in [0.2, 0.25) is 0 Å². The molecule has 3 aromatic rings. The van der Waals surface area contributed by atoms with E-state index in [0.717, 1.165) is 29.0 Å². The molecule has 0 unspecified atom stereocenters. The molecule has 96 valence electrons. The summed E-state index contributed by atoms with van der Waals surface area (Å²) in [5.74, 6) is 0.908. The Morgan fingerprint density at radius 3 is 2.95 bits per heavy atom. The van der Waals surface area contributed by atoms with Gasteiger partial charge in [-0.3, -0.25) is 0 Å². The predicted molar refractivity (Wildman–Crippen MR) is 80.4 cm³/mol. The highest BCUT2D eigenvalue weighted by atomic mass is 32.1. The Morgan fingerprint density at radius 2 is 2.16 bits per heavy atom. The summed E-state index contributed by atoms with van der Waals surface area (Å²) in [6.45, 7) is 0.832. The van der Waals surface area contributed by atoms with Crippen molar-refractivity contribution in [3.05, 3.63) is 46.9 Å². The lowest BCUT2D eigenvalue weighted by Crippen LogP contribution is -2.17. The number of hydrogen-bond acceptors (Lipinski definition) is 5. The van der Waals surface area contributed by atoms with E-state index in [4.69, 9.17) is 5.73 Å². The fourth-order valence-corrected chi connectivity index (χ4v) is 2.83. The number of rotatable bonds is 3. The van der Waals surface area contributed by atoms with Crippen molar-refractivity contribution in [3.8, 4) is 0 Å². The van der Waals surface area contributed by atoms with Crippen LogP contribution < -0.4 is 10.6 Å². The molecule has 0 saturated heterocycles. The Balaban J connectivity index is 2.01. The van der Waals surface area contributed by atoms with E-state index in [-0.39, 0.29) is 0 Å². The molecule has 0 aliphatic heterocycles. The second-order valence-electron chi connectivity index (χ2n) is 4.41. The van der Waals surface area contributed by atoms with Crippen molar-refractivity contribution in [2.45, 2.75) is 6.54 Å². The quantitative estimate of drug-likeness (QED) is 0.743. The molecule has 0 bridgehead atoms. The van der Waals surface area contributed by atoms with Gasteiger partial charge in [0.15, 0.2) is 0 Å². The Labute approximate surface area is 115 Å². The molecular formula is C14H14N4S. The summed E-state index contributed by atoms with van der Waals surface area (Å²) < 4.78 is 0. The average Bonchev–Trinajstić information content (AvgIpc) is 2.90. The number of benzene rings is 1. The van der Waals surface area contributed by atoms with E-state index in [1.165, 1.54) is 4.88 Å². The van der Waals surface area contributed by atoms with Crippen LogP contribution in [-0.2, 0) is 6.54 Å². The van der Waals surface area contributed by atoms with E-state index in [1.807, 2.05) is 25.2 Å². The van der Waals surface area contributed by atoms with Gasteiger partial charge in [0.1, 0.15) is 12.1 Å². The maximum atomic E-state index is 5.86. The van der Waals surface area contributed by atoms with Gasteiger partial charge in [0.25, 0.3) is 0 Å². The van der Waals surface area contributed by atoms with Crippen LogP contribution in [0.25, 0.3) is 10.9 Å². The van der Waals surface area contributed by atoms with Crippen LogP contribution in [0.15, 0.2) is 42.0 Å². The number of nitrogens with zero attached hydrogens (tertiary/aromatic N) is 3. The van der Waals surface area contributed by atoms with Crippen LogP contribution in [0, 0.1) is 0 Å². The molecule has 2 heterocycles. The molecule has 4 nitrogen and oxygen atoms in total. The predicted octanol–water partition coefficient (Wildman–Crippen LogP) is 2.91. The third-order valence-corrected chi connectivity index (χ3v) is 3.83. The highest BCUT2D eigenvalue weighted by Gasteiger charge is 2.09. The van der Waals surface area contributed by atoms with E-state index < -0.39 is 0 Å². The van der Waals surface area contributed by atoms with Crippen LogP contribution in [0.3, 0.4) is 0 Å². The van der Waals surface area contributed by atoms with Crippen molar-refractivity contribution in [3.63, 3.8) is 0 Å². The zero-order valence-electron chi connectivity index (χ0n) is 10.6. The molecule has 0 atom stereocenters. The van der Waals surface area contributed by atoms with E-state index >= 15 is 0 Å². The molecule has 0 saturated carbocycles. The van der Waals surface area contributed by atoms with Gasteiger partial charge in [-0.2, -0.15) is 0 Å². The lowest BCUT2D eigenvalue weighted by molar-refractivity contribution is 0.915. The molecule has 0 fully saturated rings. The summed E-state index contributed by atoms with van der Waals surface area (Å²) in [6.07, 6.45) is 1.60. The number of nitrogen functional groups attached to an aromatic ring is 1. The monoisotopic (exact) mass is 270 g/mol. The zero-order chi connectivity index (χ0) is 13.2. The van der Waals surface area contributed by atoms with Crippen LogP contribution in [0.4, 0.5) is 11.5 Å². The van der Waals surface area contributed by atoms with E-state index in [2.05, 4.69) is 32.4 Å². The van der Waals surface area contributed by atoms with Crippen molar-refractivity contribution < 1.29 is 0 Å². The number of thiophene rings is 1. The van der Waals surface area contributed by atoms with Gasteiger partial charge < -0.3 is 10.6 Å². The van der Waals surface area contributed by atoms with Gasteiger partial charge in [-0.15, -0.1) is 11.3 Å². The largest absolute Gasteiger partial charge is 0.399 e. The summed E-state index contributed by atoms with van der Waals surface area (Å²) in [6, 6.07) is 9.89. The molecule has 0 aliphatic carbocycles. The van der Waals surface area contributed by atoms with Crippen LogP contribution in [0.5, 0.6) is 0 Å². The SMILES string of the molecule is CN(Cc1cccs1)c1ncnc2ccc(N)cc12. The van der Waals surface area contributed by atoms with E-state index in [1.54, 1.807) is 17.7 Å². The number of fused-ring (bicyclic) bond motifs is 1. The maximum absolute atomic E-state index is 5.86. The first-order valence-electron chi connectivity index (χ1n) is 5.98. The van der Waals surface area contributed by atoms with Crippen LogP contribution in [0.1, 0.15) is 4.88 Å². The van der Waals surface area contributed by atoms with Crippen LogP contribution in [0.2, 0.25) is 0 Å². The second-order valence-corrected chi connectivity index (χ2v) is 5.44. The minimum absolute atomic E-state index is 0.730. The molecular weight excluding hydrogens is 256 g/mol. The standard InChI is InChI=1S/C14H14N4S/c1-18(8-11-3-2-6-19-11)14-12-7-10(15)4-5-13(12)16-9-17-14/h2-7,9H,8,15H2,1H3. The lowest BCUT2D eigenvalue weighted by atomic mass is 10.2. The lowest BCUT2D eigenvalue weighted by Gasteiger charge is -2.18. The molecule has 5 heteroatoms. The number of hydrogen-bond donors (Lipinski definition) is 1. The third-order valence-electron chi connectivity index (χ3n) is 2.97. The number of aromatic nitrogens is 2. The van der Waals surface area contributed by atoms with Crippen LogP contribution in [-0.4, -0.2) is 17.0 Å². The van der Waals surface area contributed by atoms with Crippen molar-refractivity contribution in [2.24, 2.45) is 0 Å². The van der Waals surface area contributed by atoms with Crippen molar-refractivity contribution in [1.82, 2.24) is 9.97 Å². The molecule has 19 heavy (non-hydrogen) atoms. The summed E-state index contributed by atoms with van der Waals surface area (Å²) in [7, 11) is 2.03. The second kappa shape index (κ2) is 4.85. The molecule has 0 amide bonds. The summed E-state index contributed by atoms with van der Waals surface area (Å²) >= 11 is 1.74. The molecule has 2 aromatic heterocycles. The number of anilines is 2. The minimum atomic E-state index is 0.730. The Hall–Kier alpha value is -2.14. The fraction of sp³-hybridized carbons (Fsp3) is 0.143. The van der Waals surface area contributed by atoms with Gasteiger partial charge in [0.05, 0.1) is 12.1 Å². The normalized spacial score (nSPS) is 10.8. The fourth-order valence-electron chi connectivity index (χ4n) is 2.08. The number of nitrogens with two attached hydrogens (primary N) is 1. The van der Waals surface area contributed by atoms with E-state index in [0.29, 0.717) is 0 Å². The topological polar surface area (TPSA) is 55.0 Å². The Kier molecular flexibility index (Phi) is 3.05. The highest BCUT2D eigenvalue weighted by Crippen LogP contribution is 2.25. The first-order chi connectivity index (χ1) is 9.24. The van der Waals surface area contributed by atoms with Crippen molar-refractivity contribution >= 4 is 33.7 Å². The highest BCUT2D eigenvalue weighted by molar-refractivity contribution is 7.09. The molecule has 0 radical (unpaired) electrons. The smallest absolute Gasteiger partial charge is 0.140 e. The van der Waals surface area contributed by atoms with Gasteiger partial charge in [-0.1, -0.05) is 6.07 Å². The van der Waals surface area contributed by atoms with Gasteiger partial charge >= 0.3 is 0 Å². The van der Waals surface area contributed by atoms with Gasteiger partial charge in [-0.05, 0) is 29.6 Å². The van der Waals surface area contributed by atoms with Crippen LogP contribution >= 0.6 is 11.3 Å². The molecule has 0 spiro atoms. The molecule has 0 aliphatic rings. The van der Waals surface area contributed by atoms with Crippen molar-refractivity contribution in [2.75, 3.05) is 17.7 Å². The first kappa shape index (κ1) is 11.9. The average molecular weight is 270 g/mol. The Morgan fingerprint density at radius 1 is 1.26 bits per heavy atom. The summed E-state index contributed by atoms with van der Waals surface area (Å²) in [5, 5.41) is 3.07. The molecule has 1 aromatic carbocycles. The van der Waals surface area contributed by atoms with E-state index in [9.17, 15) is 0 Å². The zero-order valence-corrected chi connectivity index (χ0v) is 11.4.